The van der Waals surface area contributed by atoms with Crippen LogP contribution in [0.2, 0.25) is 0 Å². The molecule has 1 saturated heterocycles. The van der Waals surface area contributed by atoms with Crippen LogP contribution >= 0.6 is 0 Å². The van der Waals surface area contributed by atoms with Crippen molar-refractivity contribution in [2.45, 2.75) is 50.8 Å². The number of carbonyl (C=O) groups is 1. The molecule has 2 aliphatic rings. The number of nitrogens with two attached hydrogens (primary N) is 1. The Bertz CT molecular complexity index is 519. The summed E-state index contributed by atoms with van der Waals surface area (Å²) >= 11 is 0. The van der Waals surface area contributed by atoms with E-state index in [1.165, 1.54) is 19.3 Å². The summed E-state index contributed by atoms with van der Waals surface area (Å²) in [5.41, 5.74) is 6.79. The number of ether oxygens (including phenoxy) is 1. The molecule has 24 heavy (non-hydrogen) atoms. The Morgan fingerprint density at radius 2 is 2.00 bits per heavy atom. The summed E-state index contributed by atoms with van der Waals surface area (Å²) in [5, 5.41) is 0. The third kappa shape index (κ3) is 4.71. The van der Waals surface area contributed by atoms with E-state index >= 15 is 0 Å². The first-order valence-electron chi connectivity index (χ1n) is 9.19. The molecule has 5 nitrogen and oxygen atoms in total. The maximum atomic E-state index is 12.6. The average molecular weight is 331 g/mol. The topological polar surface area (TPSA) is 58.8 Å². The van der Waals surface area contributed by atoms with Crippen LogP contribution < -0.4 is 5.73 Å². The lowest BCUT2D eigenvalue weighted by molar-refractivity contribution is 0.0556. The largest absolute Gasteiger partial charge is 0.445 e. The minimum Gasteiger partial charge on any atom is -0.445 e. The van der Waals surface area contributed by atoms with E-state index in [9.17, 15) is 4.79 Å². The van der Waals surface area contributed by atoms with Gasteiger partial charge in [0, 0.05) is 38.3 Å². The van der Waals surface area contributed by atoms with Gasteiger partial charge in [-0.25, -0.2) is 4.79 Å². The highest BCUT2D eigenvalue weighted by Gasteiger charge is 2.34. The molecule has 0 radical (unpaired) electrons. The van der Waals surface area contributed by atoms with Gasteiger partial charge in [0.1, 0.15) is 6.61 Å². The van der Waals surface area contributed by atoms with Crippen molar-refractivity contribution in [1.82, 2.24) is 9.80 Å². The van der Waals surface area contributed by atoms with E-state index in [0.29, 0.717) is 19.2 Å². The molecule has 2 N–H and O–H groups in total. The molecular formula is C19H29N3O2. The van der Waals surface area contributed by atoms with Crippen LogP contribution in [0.3, 0.4) is 0 Å². The SMILES string of the molecule is NCCN(C[C@@H]1CCCCN1C(=O)OCc1ccccc1)C1CC1. The van der Waals surface area contributed by atoms with Crippen LogP contribution in [0.1, 0.15) is 37.7 Å². The van der Waals surface area contributed by atoms with Crippen LogP contribution in [0, 0.1) is 0 Å². The van der Waals surface area contributed by atoms with Crippen LogP contribution in [0.25, 0.3) is 0 Å². The Labute approximate surface area is 144 Å². The van der Waals surface area contributed by atoms with E-state index < -0.39 is 0 Å². The van der Waals surface area contributed by atoms with Gasteiger partial charge in [-0.3, -0.25) is 4.90 Å². The van der Waals surface area contributed by atoms with Gasteiger partial charge in [-0.15, -0.1) is 0 Å². The molecule has 132 valence electrons. The quantitative estimate of drug-likeness (QED) is 0.834. The first-order chi connectivity index (χ1) is 11.8. The number of hydrogen-bond acceptors (Lipinski definition) is 4. The van der Waals surface area contributed by atoms with Gasteiger partial charge in [0.15, 0.2) is 0 Å². The molecule has 3 rings (SSSR count). The molecule has 0 bridgehead atoms. The second kappa shape index (κ2) is 8.49. The molecule has 1 aliphatic carbocycles. The second-order valence-corrected chi connectivity index (χ2v) is 6.90. The number of benzene rings is 1. The lowest BCUT2D eigenvalue weighted by atomic mass is 10.0. The van der Waals surface area contributed by atoms with Gasteiger partial charge in [0.25, 0.3) is 0 Å². The molecule has 0 aromatic heterocycles. The Hall–Kier alpha value is -1.59. The number of amides is 1. The highest BCUT2D eigenvalue weighted by Crippen LogP contribution is 2.28. The number of hydrogen-bond donors (Lipinski definition) is 1. The van der Waals surface area contributed by atoms with E-state index in [1.807, 2.05) is 35.2 Å². The fraction of sp³-hybridized carbons (Fsp3) is 0.632. The molecule has 1 heterocycles. The van der Waals surface area contributed by atoms with Crippen LogP contribution in [0.5, 0.6) is 0 Å². The predicted molar refractivity (Wildman–Crippen MR) is 94.6 cm³/mol. The summed E-state index contributed by atoms with van der Waals surface area (Å²) in [7, 11) is 0. The molecule has 2 fully saturated rings. The molecule has 0 unspecified atom stereocenters. The first kappa shape index (κ1) is 17.2. The highest BCUT2D eigenvalue weighted by atomic mass is 16.6. The number of carbonyl (C=O) groups excluding carboxylic acids is 1. The van der Waals surface area contributed by atoms with Crippen molar-refractivity contribution in [1.29, 1.82) is 0 Å². The van der Waals surface area contributed by atoms with Gasteiger partial charge < -0.3 is 15.4 Å². The van der Waals surface area contributed by atoms with E-state index in [-0.39, 0.29) is 12.1 Å². The van der Waals surface area contributed by atoms with Crippen LogP contribution in [0.4, 0.5) is 4.79 Å². The summed E-state index contributed by atoms with van der Waals surface area (Å²) in [5.74, 6) is 0. The van der Waals surface area contributed by atoms with Gasteiger partial charge >= 0.3 is 6.09 Å². The van der Waals surface area contributed by atoms with E-state index in [1.54, 1.807) is 0 Å². The van der Waals surface area contributed by atoms with Crippen molar-refractivity contribution in [2.75, 3.05) is 26.2 Å². The summed E-state index contributed by atoms with van der Waals surface area (Å²) in [6, 6.07) is 10.8. The standard InChI is InChI=1S/C19H29N3O2/c20-11-13-21(17-9-10-17)14-18-8-4-5-12-22(18)19(23)24-15-16-6-2-1-3-7-16/h1-3,6-7,17-18H,4-5,8-15,20H2/t18-/m0/s1. The van der Waals surface area contributed by atoms with Crippen molar-refractivity contribution in [3.05, 3.63) is 35.9 Å². The molecular weight excluding hydrogens is 302 g/mol. The van der Waals surface area contributed by atoms with E-state index in [4.69, 9.17) is 10.5 Å². The van der Waals surface area contributed by atoms with Gasteiger partial charge in [-0.05, 0) is 37.7 Å². The first-order valence-corrected chi connectivity index (χ1v) is 9.19. The molecule has 1 amide bonds. The van der Waals surface area contributed by atoms with Crippen molar-refractivity contribution < 1.29 is 9.53 Å². The molecule has 1 aromatic rings. The maximum Gasteiger partial charge on any atom is 0.410 e. The number of piperidine rings is 1. The predicted octanol–water partition coefficient (Wildman–Crippen LogP) is 2.60. The third-order valence-electron chi connectivity index (χ3n) is 4.99. The number of rotatable bonds is 7. The van der Waals surface area contributed by atoms with Crippen molar-refractivity contribution in [3.63, 3.8) is 0 Å². The minimum absolute atomic E-state index is 0.174. The lowest BCUT2D eigenvalue weighted by Gasteiger charge is -2.38. The molecule has 1 aromatic carbocycles. The molecule has 1 aliphatic heterocycles. The second-order valence-electron chi connectivity index (χ2n) is 6.90. The van der Waals surface area contributed by atoms with Gasteiger partial charge in [-0.1, -0.05) is 30.3 Å². The van der Waals surface area contributed by atoms with Crippen LogP contribution in [-0.2, 0) is 11.3 Å². The van der Waals surface area contributed by atoms with Crippen LogP contribution in [0.15, 0.2) is 30.3 Å². The normalized spacial score (nSPS) is 21.1. The van der Waals surface area contributed by atoms with Crippen molar-refractivity contribution >= 4 is 6.09 Å². The van der Waals surface area contributed by atoms with Crippen molar-refractivity contribution in [2.24, 2.45) is 5.73 Å². The zero-order chi connectivity index (χ0) is 16.8. The Morgan fingerprint density at radius 1 is 1.21 bits per heavy atom. The maximum absolute atomic E-state index is 12.6. The highest BCUT2D eigenvalue weighted by molar-refractivity contribution is 5.68. The molecule has 1 atom stereocenters. The third-order valence-corrected chi connectivity index (χ3v) is 4.99. The zero-order valence-electron chi connectivity index (χ0n) is 14.4. The summed E-state index contributed by atoms with van der Waals surface area (Å²) < 4.78 is 5.56. The summed E-state index contributed by atoms with van der Waals surface area (Å²) in [4.78, 5) is 17.0. The monoisotopic (exact) mass is 331 g/mol. The Kier molecular flexibility index (Phi) is 6.10. The summed E-state index contributed by atoms with van der Waals surface area (Å²) in [6.07, 6.45) is 5.68. The van der Waals surface area contributed by atoms with Gasteiger partial charge in [-0.2, -0.15) is 0 Å². The van der Waals surface area contributed by atoms with Crippen LogP contribution in [-0.4, -0.2) is 54.2 Å². The average Bonchev–Trinajstić information content (AvgIpc) is 3.46. The van der Waals surface area contributed by atoms with Crippen molar-refractivity contribution in [3.8, 4) is 0 Å². The fourth-order valence-electron chi connectivity index (χ4n) is 3.53. The number of nitrogens with zero attached hydrogens (tertiary/aromatic N) is 2. The van der Waals surface area contributed by atoms with Gasteiger partial charge in [0.2, 0.25) is 0 Å². The Morgan fingerprint density at radius 3 is 2.71 bits per heavy atom. The lowest BCUT2D eigenvalue weighted by Crippen LogP contribution is -2.50. The summed E-state index contributed by atoms with van der Waals surface area (Å²) in [6.45, 7) is 3.69. The molecule has 0 spiro atoms. The molecule has 5 heteroatoms. The minimum atomic E-state index is -0.174. The molecule has 1 saturated carbocycles. The van der Waals surface area contributed by atoms with Gasteiger partial charge in [0.05, 0.1) is 0 Å². The Balaban J connectivity index is 1.55. The van der Waals surface area contributed by atoms with E-state index in [2.05, 4.69) is 4.90 Å². The number of likely N-dealkylation sites (tertiary alicyclic amines) is 1. The fourth-order valence-corrected chi connectivity index (χ4v) is 3.53. The zero-order valence-corrected chi connectivity index (χ0v) is 14.4. The smallest absolute Gasteiger partial charge is 0.410 e. The van der Waals surface area contributed by atoms with E-state index in [0.717, 1.165) is 38.0 Å².